The lowest BCUT2D eigenvalue weighted by Gasteiger charge is -2.17. The maximum Gasteiger partial charge on any atom is 0.344 e. The van der Waals surface area contributed by atoms with Crippen LogP contribution in [0.5, 0.6) is 5.75 Å². The van der Waals surface area contributed by atoms with Gasteiger partial charge in [-0.15, -0.1) is 5.01 Å². The van der Waals surface area contributed by atoms with Gasteiger partial charge in [-0.25, -0.2) is 4.79 Å². The van der Waals surface area contributed by atoms with Crippen molar-refractivity contribution in [2.45, 2.75) is 32.7 Å². The Morgan fingerprint density at radius 3 is 2.73 bits per heavy atom. The van der Waals surface area contributed by atoms with Crippen molar-refractivity contribution in [3.05, 3.63) is 35.0 Å². The first kappa shape index (κ1) is 19.2. The fourth-order valence-electron chi connectivity index (χ4n) is 2.53. The van der Waals surface area contributed by atoms with Gasteiger partial charge in [0.05, 0.1) is 11.5 Å². The van der Waals surface area contributed by atoms with Crippen LogP contribution >= 0.6 is 0 Å². The van der Waals surface area contributed by atoms with Crippen molar-refractivity contribution in [3.63, 3.8) is 0 Å². The van der Waals surface area contributed by atoms with Gasteiger partial charge in [0.2, 0.25) is 5.28 Å². The zero-order valence-electron chi connectivity index (χ0n) is 14.4. The summed E-state index contributed by atoms with van der Waals surface area (Å²) in [4.78, 5) is 39.4. The van der Waals surface area contributed by atoms with Crippen LogP contribution in [-0.4, -0.2) is 47.1 Å². The van der Waals surface area contributed by atoms with Crippen molar-refractivity contribution in [2.24, 2.45) is 5.28 Å². The predicted molar refractivity (Wildman–Crippen MR) is 85.6 cm³/mol. The second-order valence-electron chi connectivity index (χ2n) is 5.53. The molecule has 1 aliphatic rings. The summed E-state index contributed by atoms with van der Waals surface area (Å²) >= 11 is 0. The van der Waals surface area contributed by atoms with Crippen molar-refractivity contribution in [3.8, 4) is 5.75 Å². The summed E-state index contributed by atoms with van der Waals surface area (Å²) < 4.78 is 9.75. The van der Waals surface area contributed by atoms with Crippen LogP contribution in [0.2, 0.25) is 0 Å². The summed E-state index contributed by atoms with van der Waals surface area (Å²) in [6.07, 6.45) is 1.27. The molecule has 0 N–H and O–H groups in total. The molecule has 0 amide bonds. The highest BCUT2D eigenvalue weighted by Gasteiger charge is 2.34. The van der Waals surface area contributed by atoms with E-state index >= 15 is 0 Å². The molecule has 1 heterocycles. The van der Waals surface area contributed by atoms with Crippen LogP contribution in [0.1, 0.15) is 37.0 Å². The fraction of sp³-hybridized carbons (Fsp3) is 0.438. The minimum Gasteiger partial charge on any atom is -0.569 e. The minimum absolute atomic E-state index is 0.0291. The Hall–Kier alpha value is -3.17. The molecule has 2 rings (SSSR count). The van der Waals surface area contributed by atoms with Crippen LogP contribution < -0.4 is 4.74 Å². The number of para-hydroxylation sites is 1. The third kappa shape index (κ3) is 4.91. The Labute approximate surface area is 149 Å². The van der Waals surface area contributed by atoms with Gasteiger partial charge in [0.1, 0.15) is 17.4 Å². The molecule has 1 atom stereocenters. The number of benzene rings is 1. The largest absolute Gasteiger partial charge is 0.569 e. The Balaban J connectivity index is 1.89. The molecule has 0 unspecified atom stereocenters. The summed E-state index contributed by atoms with van der Waals surface area (Å²) in [5.41, 5.74) is 0.0291. The summed E-state index contributed by atoms with van der Waals surface area (Å²) in [7, 11) is 0. The lowest BCUT2D eigenvalue weighted by atomic mass is 10.2. The monoisotopic (exact) mass is 365 g/mol. The minimum atomic E-state index is -0.808. The number of ketones is 1. The highest BCUT2D eigenvalue weighted by Crippen LogP contribution is 2.20. The quantitative estimate of drug-likeness (QED) is 0.136. The van der Waals surface area contributed by atoms with Crippen LogP contribution in [-0.2, 0) is 19.2 Å². The molecule has 1 saturated heterocycles. The van der Waals surface area contributed by atoms with E-state index in [4.69, 9.17) is 9.47 Å². The molecule has 10 nitrogen and oxygen atoms in total. The van der Waals surface area contributed by atoms with E-state index in [0.29, 0.717) is 19.4 Å². The molecular weight excluding hydrogens is 346 g/mol. The number of hydrogen-bond acceptors (Lipinski definition) is 8. The standard InChI is InChI=1S/C16H19N3O7/c1-11(20)14-7-5-9-18(14)19(23)17-25-10-24-16(22)13-6-3-4-8-15(13)26-12(2)21/h3-4,6,8,14H,5,7,9-10H2,1-2H3/b19-17+/t14-/m0/s1. The van der Waals surface area contributed by atoms with Gasteiger partial charge in [-0.1, -0.05) is 12.1 Å². The Bertz CT molecular complexity index is 720. The summed E-state index contributed by atoms with van der Waals surface area (Å²) in [5.74, 6) is -1.47. The van der Waals surface area contributed by atoms with Gasteiger partial charge in [0.15, 0.2) is 5.78 Å². The lowest BCUT2D eigenvalue weighted by molar-refractivity contribution is -0.712. The van der Waals surface area contributed by atoms with Crippen molar-refractivity contribution in [1.82, 2.24) is 5.01 Å². The molecule has 0 saturated carbocycles. The van der Waals surface area contributed by atoms with Gasteiger partial charge in [0.25, 0.3) is 6.79 Å². The molecule has 1 aliphatic heterocycles. The Kier molecular flexibility index (Phi) is 6.48. The molecule has 10 heteroatoms. The van der Waals surface area contributed by atoms with Gasteiger partial charge in [-0.3, -0.25) is 9.59 Å². The van der Waals surface area contributed by atoms with Gasteiger partial charge in [0, 0.05) is 6.92 Å². The molecular formula is C16H19N3O7. The Morgan fingerprint density at radius 2 is 2.04 bits per heavy atom. The third-order valence-corrected chi connectivity index (χ3v) is 3.64. The molecule has 1 aromatic carbocycles. The van der Waals surface area contributed by atoms with Crippen molar-refractivity contribution < 1.29 is 33.7 Å². The summed E-state index contributed by atoms with van der Waals surface area (Å²) in [6.45, 7) is 2.38. The Morgan fingerprint density at radius 1 is 1.31 bits per heavy atom. The van der Waals surface area contributed by atoms with E-state index in [9.17, 15) is 19.6 Å². The average Bonchev–Trinajstić information content (AvgIpc) is 3.08. The number of esters is 2. The molecule has 1 fully saturated rings. The van der Waals surface area contributed by atoms with Crippen molar-refractivity contribution in [1.29, 1.82) is 0 Å². The zero-order valence-corrected chi connectivity index (χ0v) is 14.4. The van der Waals surface area contributed by atoms with Crippen LogP contribution in [0.15, 0.2) is 29.5 Å². The van der Waals surface area contributed by atoms with E-state index in [-0.39, 0.29) is 22.1 Å². The average molecular weight is 365 g/mol. The normalized spacial score (nSPS) is 16.9. The predicted octanol–water partition coefficient (Wildman–Crippen LogP) is 1.59. The molecule has 0 radical (unpaired) electrons. The number of carbonyl (C=O) groups excluding carboxylic acids is 3. The number of hydrazine groups is 1. The van der Waals surface area contributed by atoms with Gasteiger partial charge in [-0.05, 0) is 31.9 Å². The molecule has 0 bridgehead atoms. The van der Waals surface area contributed by atoms with Gasteiger partial charge < -0.3 is 19.5 Å². The van der Waals surface area contributed by atoms with Gasteiger partial charge >= 0.3 is 11.9 Å². The van der Waals surface area contributed by atoms with E-state index in [1.54, 1.807) is 12.1 Å². The molecule has 140 valence electrons. The number of Topliss-reactive ketones (excluding diaryl/α,β-unsaturated/α-hetero) is 1. The second-order valence-corrected chi connectivity index (χ2v) is 5.53. The van der Waals surface area contributed by atoms with Crippen LogP contribution in [0.25, 0.3) is 0 Å². The van der Waals surface area contributed by atoms with Crippen LogP contribution in [0.4, 0.5) is 0 Å². The maximum absolute atomic E-state index is 12.0. The topological polar surface area (TPSA) is 121 Å². The second kappa shape index (κ2) is 8.79. The fourth-order valence-corrected chi connectivity index (χ4v) is 2.53. The first-order valence-corrected chi connectivity index (χ1v) is 7.92. The van der Waals surface area contributed by atoms with E-state index in [1.807, 2.05) is 0 Å². The van der Waals surface area contributed by atoms with Crippen LogP contribution in [0, 0.1) is 5.21 Å². The van der Waals surface area contributed by atoms with Gasteiger partial charge in [-0.2, -0.15) is 0 Å². The zero-order chi connectivity index (χ0) is 19.1. The summed E-state index contributed by atoms with van der Waals surface area (Å²) in [6, 6.07) is 5.50. The number of nitrogens with zero attached hydrogens (tertiary/aromatic N) is 3. The highest BCUT2D eigenvalue weighted by atomic mass is 16.8. The van der Waals surface area contributed by atoms with Crippen molar-refractivity contribution >= 4 is 17.7 Å². The third-order valence-electron chi connectivity index (χ3n) is 3.64. The molecule has 26 heavy (non-hydrogen) atoms. The number of rotatable bonds is 7. The lowest BCUT2D eigenvalue weighted by Crippen LogP contribution is -2.39. The number of carbonyl (C=O) groups is 3. The molecule has 0 aliphatic carbocycles. The number of ether oxygens (including phenoxy) is 2. The molecule has 0 aromatic heterocycles. The van der Waals surface area contributed by atoms with Crippen LogP contribution in [0.3, 0.4) is 0 Å². The smallest absolute Gasteiger partial charge is 0.344 e. The van der Waals surface area contributed by atoms with E-state index in [1.165, 1.54) is 31.0 Å². The SMILES string of the molecule is CC(=O)Oc1ccccc1C(=O)OCO/N=[N+](/[O-])N1CCC[C@H]1C(C)=O. The molecule has 0 spiro atoms. The van der Waals surface area contributed by atoms with E-state index < -0.39 is 24.8 Å². The highest BCUT2D eigenvalue weighted by molar-refractivity contribution is 5.93. The first-order valence-electron chi connectivity index (χ1n) is 7.92. The summed E-state index contributed by atoms with van der Waals surface area (Å²) in [5, 5.41) is 16.4. The molecule has 1 aromatic rings. The van der Waals surface area contributed by atoms with E-state index in [2.05, 4.69) is 10.1 Å². The van der Waals surface area contributed by atoms with Crippen molar-refractivity contribution in [2.75, 3.05) is 13.3 Å². The van der Waals surface area contributed by atoms with E-state index in [0.717, 1.165) is 0 Å². The number of hydrogen-bond donors (Lipinski definition) is 0. The first-order chi connectivity index (χ1) is 12.4. The maximum atomic E-state index is 12.0.